The first-order valence-corrected chi connectivity index (χ1v) is 5.67. The number of anilines is 1. The van der Waals surface area contributed by atoms with Gasteiger partial charge in [0.2, 0.25) is 5.91 Å². The van der Waals surface area contributed by atoms with E-state index in [0.29, 0.717) is 5.69 Å². The molecular formula is C12H14F4N2O. The van der Waals surface area contributed by atoms with Crippen LogP contribution >= 0.6 is 0 Å². The first kappa shape index (κ1) is 15.4. The molecule has 0 aliphatic carbocycles. The molecule has 7 heteroatoms. The Labute approximate surface area is 108 Å². The van der Waals surface area contributed by atoms with E-state index in [4.69, 9.17) is 0 Å². The Morgan fingerprint density at radius 1 is 1.37 bits per heavy atom. The third-order valence-corrected chi connectivity index (χ3v) is 2.34. The standard InChI is InChI=1S/C12H14F4N2O/c1-2-18(10-5-3-4-9(13)6-10)11(19)7-17-8-12(14,15)16/h3-6,17H,2,7-8H2,1H3. The Balaban J connectivity index is 2.62. The summed E-state index contributed by atoms with van der Waals surface area (Å²) in [6.45, 7) is 0.214. The molecule has 3 nitrogen and oxygen atoms in total. The average molecular weight is 278 g/mol. The van der Waals surface area contributed by atoms with E-state index in [0.717, 1.165) is 6.07 Å². The van der Waals surface area contributed by atoms with Crippen molar-refractivity contribution in [3.8, 4) is 0 Å². The van der Waals surface area contributed by atoms with Crippen molar-refractivity contribution in [1.82, 2.24) is 5.32 Å². The van der Waals surface area contributed by atoms with Crippen molar-refractivity contribution in [2.24, 2.45) is 0 Å². The van der Waals surface area contributed by atoms with Crippen LogP contribution in [0.25, 0.3) is 0 Å². The fraction of sp³-hybridized carbons (Fsp3) is 0.417. The van der Waals surface area contributed by atoms with Crippen LogP contribution in [-0.4, -0.2) is 31.7 Å². The van der Waals surface area contributed by atoms with Gasteiger partial charge in [0.15, 0.2) is 0 Å². The highest BCUT2D eigenvalue weighted by Crippen LogP contribution is 2.16. The summed E-state index contributed by atoms with van der Waals surface area (Å²) in [7, 11) is 0. The molecule has 0 aliphatic heterocycles. The molecule has 19 heavy (non-hydrogen) atoms. The second-order valence-electron chi connectivity index (χ2n) is 3.84. The van der Waals surface area contributed by atoms with Crippen molar-refractivity contribution in [1.29, 1.82) is 0 Å². The molecule has 0 fully saturated rings. The Hall–Kier alpha value is -1.63. The minimum Gasteiger partial charge on any atom is -0.311 e. The number of nitrogens with zero attached hydrogens (tertiary/aromatic N) is 1. The number of carbonyl (C=O) groups is 1. The van der Waals surface area contributed by atoms with Crippen LogP contribution in [0.15, 0.2) is 24.3 Å². The van der Waals surface area contributed by atoms with Gasteiger partial charge in [0.1, 0.15) is 5.82 Å². The second kappa shape index (κ2) is 6.51. The van der Waals surface area contributed by atoms with Crippen LogP contribution in [0, 0.1) is 5.82 Å². The van der Waals surface area contributed by atoms with Crippen molar-refractivity contribution in [3.05, 3.63) is 30.1 Å². The van der Waals surface area contributed by atoms with Gasteiger partial charge in [-0.1, -0.05) is 6.07 Å². The summed E-state index contributed by atoms with van der Waals surface area (Å²) in [6, 6.07) is 5.34. The minimum absolute atomic E-state index is 0.246. The monoisotopic (exact) mass is 278 g/mol. The zero-order valence-corrected chi connectivity index (χ0v) is 10.3. The van der Waals surface area contributed by atoms with Crippen LogP contribution in [-0.2, 0) is 4.79 Å². The van der Waals surface area contributed by atoms with Crippen molar-refractivity contribution in [3.63, 3.8) is 0 Å². The lowest BCUT2D eigenvalue weighted by atomic mass is 10.2. The van der Waals surface area contributed by atoms with E-state index in [1.807, 2.05) is 5.32 Å². The van der Waals surface area contributed by atoms with Crippen LogP contribution in [0.2, 0.25) is 0 Å². The molecule has 1 amide bonds. The SMILES string of the molecule is CCN(C(=O)CNCC(F)(F)F)c1cccc(F)c1. The molecule has 0 saturated heterocycles. The molecule has 1 N–H and O–H groups in total. The normalized spacial score (nSPS) is 11.4. The average Bonchev–Trinajstić information content (AvgIpc) is 2.28. The number of benzene rings is 1. The molecule has 0 unspecified atom stereocenters. The number of rotatable bonds is 5. The number of halogens is 4. The molecule has 1 aromatic carbocycles. The highest BCUT2D eigenvalue weighted by molar-refractivity contribution is 5.94. The highest BCUT2D eigenvalue weighted by Gasteiger charge is 2.27. The van der Waals surface area contributed by atoms with E-state index in [-0.39, 0.29) is 6.54 Å². The molecular weight excluding hydrogens is 264 g/mol. The molecule has 0 radical (unpaired) electrons. The number of nitrogens with one attached hydrogen (secondary N) is 1. The Kier molecular flexibility index (Phi) is 5.29. The van der Waals surface area contributed by atoms with Gasteiger partial charge in [-0.2, -0.15) is 13.2 Å². The van der Waals surface area contributed by atoms with Gasteiger partial charge in [-0.15, -0.1) is 0 Å². The molecule has 1 rings (SSSR count). The van der Waals surface area contributed by atoms with Crippen molar-refractivity contribution >= 4 is 11.6 Å². The molecule has 1 aromatic rings. The van der Waals surface area contributed by atoms with E-state index >= 15 is 0 Å². The lowest BCUT2D eigenvalue weighted by molar-refractivity contribution is -0.127. The van der Waals surface area contributed by atoms with Crippen LogP contribution in [0.5, 0.6) is 0 Å². The van der Waals surface area contributed by atoms with Crippen LogP contribution in [0.4, 0.5) is 23.2 Å². The maximum Gasteiger partial charge on any atom is 0.401 e. The topological polar surface area (TPSA) is 32.3 Å². The zero-order valence-electron chi connectivity index (χ0n) is 10.3. The fourth-order valence-corrected chi connectivity index (χ4v) is 1.55. The Morgan fingerprint density at radius 2 is 2.05 bits per heavy atom. The fourth-order valence-electron chi connectivity index (χ4n) is 1.55. The van der Waals surface area contributed by atoms with Crippen LogP contribution in [0.3, 0.4) is 0 Å². The van der Waals surface area contributed by atoms with E-state index in [2.05, 4.69) is 0 Å². The summed E-state index contributed by atoms with van der Waals surface area (Å²) in [6.07, 6.45) is -4.36. The van der Waals surface area contributed by atoms with Gasteiger partial charge in [0.25, 0.3) is 0 Å². The third kappa shape index (κ3) is 5.25. The quantitative estimate of drug-likeness (QED) is 0.838. The summed E-state index contributed by atoms with van der Waals surface area (Å²) in [5, 5.41) is 2.01. The molecule has 106 valence electrons. The first-order valence-electron chi connectivity index (χ1n) is 5.67. The van der Waals surface area contributed by atoms with Crippen LogP contribution in [0.1, 0.15) is 6.92 Å². The number of hydrogen-bond donors (Lipinski definition) is 1. The molecule has 0 aliphatic rings. The third-order valence-electron chi connectivity index (χ3n) is 2.34. The maximum atomic E-state index is 13.0. The molecule has 0 aromatic heterocycles. The largest absolute Gasteiger partial charge is 0.401 e. The maximum absolute atomic E-state index is 13.0. The van der Waals surface area contributed by atoms with Crippen molar-refractivity contribution in [2.75, 3.05) is 24.5 Å². The van der Waals surface area contributed by atoms with Gasteiger partial charge in [-0.05, 0) is 25.1 Å². The van der Waals surface area contributed by atoms with Crippen molar-refractivity contribution < 1.29 is 22.4 Å². The smallest absolute Gasteiger partial charge is 0.311 e. The van der Waals surface area contributed by atoms with Gasteiger partial charge < -0.3 is 10.2 Å². The van der Waals surface area contributed by atoms with E-state index in [9.17, 15) is 22.4 Å². The number of alkyl halides is 3. The number of likely N-dealkylation sites (N-methyl/N-ethyl adjacent to an activating group) is 1. The molecule has 0 atom stereocenters. The van der Waals surface area contributed by atoms with Gasteiger partial charge in [0.05, 0.1) is 13.1 Å². The summed E-state index contributed by atoms with van der Waals surface area (Å²) in [5.74, 6) is -1.05. The molecule has 0 heterocycles. The molecule has 0 saturated carbocycles. The summed E-state index contributed by atoms with van der Waals surface area (Å²) >= 11 is 0. The van der Waals surface area contributed by atoms with Gasteiger partial charge in [0, 0.05) is 12.2 Å². The predicted octanol–water partition coefficient (Wildman–Crippen LogP) is 2.33. The van der Waals surface area contributed by atoms with Gasteiger partial charge in [-0.25, -0.2) is 4.39 Å². The van der Waals surface area contributed by atoms with E-state index < -0.39 is 31.0 Å². The molecule has 0 spiro atoms. The van der Waals surface area contributed by atoms with E-state index in [1.54, 1.807) is 6.92 Å². The summed E-state index contributed by atoms with van der Waals surface area (Å²) < 4.78 is 48.8. The van der Waals surface area contributed by atoms with E-state index in [1.165, 1.54) is 23.1 Å². The zero-order chi connectivity index (χ0) is 14.5. The number of amides is 1. The molecule has 0 bridgehead atoms. The Bertz CT molecular complexity index is 434. The summed E-state index contributed by atoms with van der Waals surface area (Å²) in [4.78, 5) is 13.0. The minimum atomic E-state index is -4.36. The van der Waals surface area contributed by atoms with Crippen molar-refractivity contribution in [2.45, 2.75) is 13.1 Å². The lowest BCUT2D eigenvalue weighted by Gasteiger charge is -2.21. The second-order valence-corrected chi connectivity index (χ2v) is 3.84. The lowest BCUT2D eigenvalue weighted by Crippen LogP contribution is -2.41. The number of hydrogen-bond acceptors (Lipinski definition) is 2. The highest BCUT2D eigenvalue weighted by atomic mass is 19.4. The van der Waals surface area contributed by atoms with Gasteiger partial charge in [-0.3, -0.25) is 4.79 Å². The summed E-state index contributed by atoms with van der Waals surface area (Å²) in [5.41, 5.74) is 0.321. The number of carbonyl (C=O) groups excluding carboxylic acids is 1. The first-order chi connectivity index (χ1) is 8.83. The van der Waals surface area contributed by atoms with Gasteiger partial charge >= 0.3 is 6.18 Å². The predicted molar refractivity (Wildman–Crippen MR) is 63.4 cm³/mol. The Morgan fingerprint density at radius 3 is 2.58 bits per heavy atom. The van der Waals surface area contributed by atoms with Crippen LogP contribution < -0.4 is 10.2 Å².